The van der Waals surface area contributed by atoms with Crippen molar-refractivity contribution in [1.82, 2.24) is 9.78 Å². The molecule has 10 heavy (non-hydrogen) atoms. The van der Waals surface area contributed by atoms with Crippen molar-refractivity contribution in [2.45, 2.75) is 19.9 Å². The van der Waals surface area contributed by atoms with E-state index in [0.717, 1.165) is 19.5 Å². The Kier molecular flexibility index (Phi) is 1.16. The molecule has 0 bridgehead atoms. The molecule has 0 aromatic carbocycles. The average Bonchev–Trinajstić information content (AvgIpc) is 2.42. The maximum Gasteiger partial charge on any atom is 0.124 e. The molecule has 1 aliphatic rings. The van der Waals surface area contributed by atoms with E-state index in [1.807, 2.05) is 4.68 Å². The third kappa shape index (κ3) is 0.701. The Morgan fingerprint density at radius 1 is 1.80 bits per heavy atom. The largest absolute Gasteiger partial charge is 0.368 e. The van der Waals surface area contributed by atoms with Gasteiger partial charge in [-0.25, -0.2) is 4.68 Å². The minimum atomic E-state index is 1.02. The molecular weight excluding hydrogens is 126 g/mol. The summed E-state index contributed by atoms with van der Waals surface area (Å²) < 4.78 is 2.03. The molecule has 0 aliphatic carbocycles. The summed E-state index contributed by atoms with van der Waals surface area (Å²) in [5.74, 6) is 1.18. The molecule has 54 valence electrons. The van der Waals surface area contributed by atoms with Crippen LogP contribution < -0.4 is 5.32 Å². The quantitative estimate of drug-likeness (QED) is 0.622. The Bertz CT molecular complexity index is 217. The maximum atomic E-state index is 4.36. The first kappa shape index (κ1) is 5.77. The minimum absolute atomic E-state index is 1.02. The minimum Gasteiger partial charge on any atom is -0.368 e. The Morgan fingerprint density at radius 2 is 2.70 bits per heavy atom. The second-order valence-electron chi connectivity index (χ2n) is 2.52. The van der Waals surface area contributed by atoms with Crippen molar-refractivity contribution in [1.29, 1.82) is 0 Å². The zero-order valence-electron chi connectivity index (χ0n) is 6.09. The Balaban J connectivity index is 2.37. The van der Waals surface area contributed by atoms with Crippen LogP contribution in [-0.4, -0.2) is 16.3 Å². The van der Waals surface area contributed by atoms with Gasteiger partial charge in [0.05, 0.1) is 12.2 Å². The van der Waals surface area contributed by atoms with E-state index in [2.05, 4.69) is 23.4 Å². The third-order valence-electron chi connectivity index (χ3n) is 1.82. The second-order valence-corrected chi connectivity index (χ2v) is 2.52. The highest BCUT2D eigenvalue weighted by atomic mass is 15.4. The monoisotopic (exact) mass is 137 g/mol. The van der Waals surface area contributed by atoms with E-state index in [1.54, 1.807) is 0 Å². The van der Waals surface area contributed by atoms with Gasteiger partial charge in [0.15, 0.2) is 0 Å². The van der Waals surface area contributed by atoms with Crippen molar-refractivity contribution in [3.63, 3.8) is 0 Å². The molecule has 0 saturated heterocycles. The number of aromatic nitrogens is 2. The van der Waals surface area contributed by atoms with Gasteiger partial charge in [0.25, 0.3) is 0 Å². The van der Waals surface area contributed by atoms with E-state index in [0.29, 0.717) is 0 Å². The van der Waals surface area contributed by atoms with Crippen LogP contribution >= 0.6 is 0 Å². The zero-order valence-corrected chi connectivity index (χ0v) is 6.09. The van der Waals surface area contributed by atoms with Crippen LogP contribution in [0.3, 0.4) is 0 Å². The zero-order chi connectivity index (χ0) is 6.97. The SMILES string of the molecule is CCc1cc2n(n1)CCN2. The highest BCUT2D eigenvalue weighted by Crippen LogP contribution is 2.14. The van der Waals surface area contributed by atoms with E-state index in [4.69, 9.17) is 0 Å². The lowest BCUT2D eigenvalue weighted by Gasteiger charge is -1.88. The van der Waals surface area contributed by atoms with Crippen molar-refractivity contribution in [3.8, 4) is 0 Å². The van der Waals surface area contributed by atoms with Crippen molar-refractivity contribution < 1.29 is 0 Å². The molecule has 0 amide bonds. The van der Waals surface area contributed by atoms with Gasteiger partial charge in [-0.3, -0.25) is 0 Å². The lowest BCUT2D eigenvalue weighted by atomic mass is 10.3. The lowest BCUT2D eigenvalue weighted by Crippen LogP contribution is -1.97. The van der Waals surface area contributed by atoms with Crippen LogP contribution in [0.4, 0.5) is 5.82 Å². The number of anilines is 1. The van der Waals surface area contributed by atoms with Crippen molar-refractivity contribution in [3.05, 3.63) is 11.8 Å². The van der Waals surface area contributed by atoms with Gasteiger partial charge >= 0.3 is 0 Å². The fraction of sp³-hybridized carbons (Fsp3) is 0.571. The molecular formula is C7H11N3. The fourth-order valence-corrected chi connectivity index (χ4v) is 1.25. The van der Waals surface area contributed by atoms with Crippen LogP contribution in [-0.2, 0) is 13.0 Å². The maximum absolute atomic E-state index is 4.36. The molecule has 3 nitrogen and oxygen atoms in total. The molecule has 2 rings (SSSR count). The summed E-state index contributed by atoms with van der Waals surface area (Å²) in [5.41, 5.74) is 1.18. The molecule has 0 atom stereocenters. The molecule has 3 heteroatoms. The predicted octanol–water partition coefficient (Wildman–Crippen LogP) is 0.871. The standard InChI is InChI=1S/C7H11N3/c1-2-6-5-7-8-3-4-10(7)9-6/h5,8H,2-4H2,1H3. The second kappa shape index (κ2) is 2.01. The van der Waals surface area contributed by atoms with Gasteiger partial charge in [-0.05, 0) is 6.42 Å². The normalized spacial score (nSPS) is 14.9. The van der Waals surface area contributed by atoms with Gasteiger partial charge in [0.2, 0.25) is 0 Å². The summed E-state index contributed by atoms with van der Waals surface area (Å²) in [7, 11) is 0. The molecule has 1 aromatic rings. The topological polar surface area (TPSA) is 29.9 Å². The predicted molar refractivity (Wildman–Crippen MR) is 40.1 cm³/mol. The van der Waals surface area contributed by atoms with Crippen LogP contribution in [0.25, 0.3) is 0 Å². The first-order valence-corrected chi connectivity index (χ1v) is 3.71. The highest BCUT2D eigenvalue weighted by molar-refractivity contribution is 5.39. The molecule has 0 saturated carbocycles. The van der Waals surface area contributed by atoms with Crippen LogP contribution in [0.2, 0.25) is 0 Å². The molecule has 1 aliphatic heterocycles. The van der Waals surface area contributed by atoms with Crippen LogP contribution in [0.1, 0.15) is 12.6 Å². The molecule has 0 radical (unpaired) electrons. The van der Waals surface area contributed by atoms with Crippen LogP contribution in [0, 0.1) is 0 Å². The molecule has 0 fully saturated rings. The first-order valence-electron chi connectivity index (χ1n) is 3.71. The van der Waals surface area contributed by atoms with Gasteiger partial charge in [-0.2, -0.15) is 5.10 Å². The third-order valence-corrected chi connectivity index (χ3v) is 1.82. The molecule has 1 aromatic heterocycles. The lowest BCUT2D eigenvalue weighted by molar-refractivity contribution is 0.681. The summed E-state index contributed by atoms with van der Waals surface area (Å²) in [6, 6.07) is 2.12. The number of hydrogen-bond donors (Lipinski definition) is 1. The van der Waals surface area contributed by atoms with E-state index in [9.17, 15) is 0 Å². The summed E-state index contributed by atoms with van der Waals surface area (Å²) in [6.07, 6.45) is 1.03. The molecule has 0 spiro atoms. The number of nitrogens with one attached hydrogen (secondary N) is 1. The van der Waals surface area contributed by atoms with E-state index in [1.165, 1.54) is 11.5 Å². The Morgan fingerprint density at radius 3 is 3.40 bits per heavy atom. The fourth-order valence-electron chi connectivity index (χ4n) is 1.25. The van der Waals surface area contributed by atoms with E-state index < -0.39 is 0 Å². The van der Waals surface area contributed by atoms with Crippen molar-refractivity contribution in [2.24, 2.45) is 0 Å². The first-order chi connectivity index (χ1) is 4.90. The van der Waals surface area contributed by atoms with Crippen molar-refractivity contribution >= 4 is 5.82 Å². The number of aryl methyl sites for hydroxylation is 1. The smallest absolute Gasteiger partial charge is 0.124 e. The Hall–Kier alpha value is -0.990. The van der Waals surface area contributed by atoms with Crippen LogP contribution in [0.15, 0.2) is 6.07 Å². The summed E-state index contributed by atoms with van der Waals surface area (Å²) in [5, 5.41) is 7.62. The highest BCUT2D eigenvalue weighted by Gasteiger charge is 2.10. The van der Waals surface area contributed by atoms with Gasteiger partial charge in [-0.1, -0.05) is 6.92 Å². The number of fused-ring (bicyclic) bond motifs is 1. The van der Waals surface area contributed by atoms with Gasteiger partial charge in [-0.15, -0.1) is 0 Å². The number of hydrogen-bond acceptors (Lipinski definition) is 2. The number of nitrogens with zero attached hydrogens (tertiary/aromatic N) is 2. The molecule has 2 heterocycles. The van der Waals surface area contributed by atoms with E-state index >= 15 is 0 Å². The van der Waals surface area contributed by atoms with Gasteiger partial charge in [0.1, 0.15) is 5.82 Å². The van der Waals surface area contributed by atoms with Gasteiger partial charge < -0.3 is 5.32 Å². The van der Waals surface area contributed by atoms with E-state index in [-0.39, 0.29) is 0 Å². The molecule has 0 unspecified atom stereocenters. The van der Waals surface area contributed by atoms with Crippen LogP contribution in [0.5, 0.6) is 0 Å². The summed E-state index contributed by atoms with van der Waals surface area (Å²) in [6.45, 7) is 4.18. The number of rotatable bonds is 1. The summed E-state index contributed by atoms with van der Waals surface area (Å²) in [4.78, 5) is 0. The Labute approximate surface area is 60.0 Å². The summed E-state index contributed by atoms with van der Waals surface area (Å²) >= 11 is 0. The average molecular weight is 137 g/mol. The van der Waals surface area contributed by atoms with Gasteiger partial charge in [0, 0.05) is 12.6 Å². The molecule has 1 N–H and O–H groups in total. The van der Waals surface area contributed by atoms with Crippen molar-refractivity contribution in [2.75, 3.05) is 11.9 Å².